The van der Waals surface area contributed by atoms with E-state index in [4.69, 9.17) is 0 Å². The molecule has 2 heteroatoms. The number of benzene rings is 1. The maximum atomic E-state index is 4.66. The molecule has 0 spiro atoms. The van der Waals surface area contributed by atoms with Crippen LogP contribution in [0.5, 0.6) is 0 Å². The molecule has 2 rings (SSSR count). The summed E-state index contributed by atoms with van der Waals surface area (Å²) in [4.78, 5) is 4.66. The van der Waals surface area contributed by atoms with E-state index in [0.29, 0.717) is 0 Å². The molecule has 0 aliphatic carbocycles. The third-order valence-corrected chi connectivity index (χ3v) is 3.44. The average Bonchev–Trinajstić information content (AvgIpc) is 2.38. The number of pyridine rings is 1. The number of rotatable bonds is 4. The van der Waals surface area contributed by atoms with Gasteiger partial charge in [0.25, 0.3) is 0 Å². The van der Waals surface area contributed by atoms with Crippen LogP contribution in [-0.4, -0.2) is 11.5 Å². The fourth-order valence-electron chi connectivity index (χ4n) is 2.47. The smallest absolute Gasteiger partial charge is 0.0656 e. The molecule has 1 unspecified atom stereocenters. The van der Waals surface area contributed by atoms with Gasteiger partial charge in [0.2, 0.25) is 0 Å². The summed E-state index contributed by atoms with van der Waals surface area (Å²) in [6, 6.07) is 10.9. The van der Waals surface area contributed by atoms with Crippen LogP contribution in [0.2, 0.25) is 0 Å². The lowest BCUT2D eigenvalue weighted by molar-refractivity contribution is 0.270. The van der Waals surface area contributed by atoms with E-state index in [1.165, 1.54) is 16.5 Å². The van der Waals surface area contributed by atoms with Gasteiger partial charge in [0, 0.05) is 11.6 Å². The van der Waals surface area contributed by atoms with Gasteiger partial charge in [-0.3, -0.25) is 4.98 Å². The largest absolute Gasteiger partial charge is 0.308 e. The zero-order valence-corrected chi connectivity index (χ0v) is 12.4. The Labute approximate surface area is 116 Å². The molecular formula is C17H24N2. The van der Waals surface area contributed by atoms with E-state index < -0.39 is 0 Å². The van der Waals surface area contributed by atoms with E-state index in [-0.39, 0.29) is 11.5 Å². The molecule has 2 aromatic rings. The fourth-order valence-corrected chi connectivity index (χ4v) is 2.47. The molecule has 1 atom stereocenters. The van der Waals surface area contributed by atoms with E-state index in [9.17, 15) is 0 Å². The van der Waals surface area contributed by atoms with Crippen LogP contribution in [0.4, 0.5) is 0 Å². The van der Waals surface area contributed by atoms with Crippen LogP contribution >= 0.6 is 0 Å². The van der Waals surface area contributed by atoms with E-state index in [0.717, 1.165) is 13.0 Å². The molecule has 0 bridgehead atoms. The van der Waals surface area contributed by atoms with Crippen molar-refractivity contribution in [2.75, 3.05) is 6.54 Å². The van der Waals surface area contributed by atoms with Crippen molar-refractivity contribution in [2.45, 2.75) is 40.2 Å². The van der Waals surface area contributed by atoms with Gasteiger partial charge < -0.3 is 5.32 Å². The van der Waals surface area contributed by atoms with Gasteiger partial charge in [0.05, 0.1) is 11.7 Å². The van der Waals surface area contributed by atoms with Crippen LogP contribution in [0.1, 0.15) is 45.9 Å². The number of aromatic nitrogens is 1. The van der Waals surface area contributed by atoms with Gasteiger partial charge in [-0.15, -0.1) is 0 Å². The van der Waals surface area contributed by atoms with E-state index in [2.05, 4.69) is 68.3 Å². The second-order valence-corrected chi connectivity index (χ2v) is 6.17. The lowest BCUT2D eigenvalue weighted by Gasteiger charge is -2.32. The van der Waals surface area contributed by atoms with Crippen LogP contribution in [0.25, 0.3) is 10.8 Å². The molecule has 1 N–H and O–H groups in total. The SMILES string of the molecule is CCCNC(c1nccc2ccccc12)C(C)(C)C. The molecular weight excluding hydrogens is 232 g/mol. The maximum Gasteiger partial charge on any atom is 0.0656 e. The van der Waals surface area contributed by atoms with Crippen LogP contribution < -0.4 is 5.32 Å². The third kappa shape index (κ3) is 3.13. The summed E-state index contributed by atoms with van der Waals surface area (Å²) in [6.07, 6.45) is 3.06. The summed E-state index contributed by atoms with van der Waals surface area (Å²) >= 11 is 0. The van der Waals surface area contributed by atoms with E-state index >= 15 is 0 Å². The van der Waals surface area contributed by atoms with E-state index in [1.807, 2.05) is 6.20 Å². The predicted molar refractivity (Wildman–Crippen MR) is 82.2 cm³/mol. The maximum absolute atomic E-state index is 4.66. The Balaban J connectivity index is 2.49. The molecule has 0 aliphatic rings. The monoisotopic (exact) mass is 256 g/mol. The van der Waals surface area contributed by atoms with E-state index in [1.54, 1.807) is 0 Å². The quantitative estimate of drug-likeness (QED) is 0.881. The summed E-state index contributed by atoms with van der Waals surface area (Å²) < 4.78 is 0. The van der Waals surface area contributed by atoms with Crippen molar-refractivity contribution >= 4 is 10.8 Å². The molecule has 0 fully saturated rings. The summed E-state index contributed by atoms with van der Waals surface area (Å²) in [5.74, 6) is 0. The Hall–Kier alpha value is -1.41. The number of nitrogens with zero attached hydrogens (tertiary/aromatic N) is 1. The summed E-state index contributed by atoms with van der Waals surface area (Å²) in [5.41, 5.74) is 1.31. The average molecular weight is 256 g/mol. The zero-order chi connectivity index (χ0) is 13.9. The first-order valence-electron chi connectivity index (χ1n) is 7.11. The fraction of sp³-hybridized carbons (Fsp3) is 0.471. The standard InChI is InChI=1S/C17H24N2/c1-5-11-19-16(17(2,3)4)15-14-9-7-6-8-13(14)10-12-18-15/h6-10,12,16,19H,5,11H2,1-4H3. The second kappa shape index (κ2) is 5.70. The van der Waals surface area contributed by atoms with Crippen molar-refractivity contribution in [1.82, 2.24) is 10.3 Å². The van der Waals surface area contributed by atoms with Crippen molar-refractivity contribution in [3.8, 4) is 0 Å². The Morgan fingerprint density at radius 1 is 1.16 bits per heavy atom. The molecule has 102 valence electrons. The third-order valence-electron chi connectivity index (χ3n) is 3.44. The zero-order valence-electron chi connectivity index (χ0n) is 12.4. The molecule has 19 heavy (non-hydrogen) atoms. The number of hydrogen-bond donors (Lipinski definition) is 1. The topological polar surface area (TPSA) is 24.9 Å². The van der Waals surface area contributed by atoms with Crippen molar-refractivity contribution in [3.63, 3.8) is 0 Å². The van der Waals surface area contributed by atoms with Crippen molar-refractivity contribution < 1.29 is 0 Å². The predicted octanol–water partition coefficient (Wildman–Crippen LogP) is 4.32. The second-order valence-electron chi connectivity index (χ2n) is 6.17. The Kier molecular flexibility index (Phi) is 4.20. The highest BCUT2D eigenvalue weighted by Gasteiger charge is 2.27. The van der Waals surface area contributed by atoms with Gasteiger partial charge in [-0.1, -0.05) is 52.0 Å². The van der Waals surface area contributed by atoms with Crippen molar-refractivity contribution in [3.05, 3.63) is 42.2 Å². The minimum absolute atomic E-state index is 0.145. The molecule has 1 heterocycles. The number of hydrogen-bond acceptors (Lipinski definition) is 2. The van der Waals surface area contributed by atoms with Crippen LogP contribution in [0.3, 0.4) is 0 Å². The summed E-state index contributed by atoms with van der Waals surface area (Å²) in [7, 11) is 0. The van der Waals surface area contributed by atoms with Gasteiger partial charge in [0.1, 0.15) is 0 Å². The normalized spacial score (nSPS) is 13.7. The molecule has 0 saturated heterocycles. The highest BCUT2D eigenvalue weighted by molar-refractivity contribution is 5.84. The van der Waals surface area contributed by atoms with Gasteiger partial charge in [-0.25, -0.2) is 0 Å². The first-order chi connectivity index (χ1) is 9.04. The molecule has 0 saturated carbocycles. The first-order valence-corrected chi connectivity index (χ1v) is 7.11. The number of fused-ring (bicyclic) bond motifs is 1. The Bertz CT molecular complexity index is 535. The minimum atomic E-state index is 0.145. The highest BCUT2D eigenvalue weighted by atomic mass is 15.0. The first kappa shape index (κ1) is 14.0. The molecule has 0 aliphatic heterocycles. The molecule has 1 aromatic carbocycles. The van der Waals surface area contributed by atoms with Crippen LogP contribution in [-0.2, 0) is 0 Å². The Morgan fingerprint density at radius 2 is 1.89 bits per heavy atom. The highest BCUT2D eigenvalue weighted by Crippen LogP contribution is 2.34. The molecule has 1 aromatic heterocycles. The van der Waals surface area contributed by atoms with Crippen LogP contribution in [0.15, 0.2) is 36.5 Å². The molecule has 0 radical (unpaired) electrons. The lowest BCUT2D eigenvalue weighted by Crippen LogP contribution is -2.33. The van der Waals surface area contributed by atoms with Crippen molar-refractivity contribution in [1.29, 1.82) is 0 Å². The molecule has 0 amide bonds. The summed E-state index contributed by atoms with van der Waals surface area (Å²) in [6.45, 7) is 10.0. The lowest BCUT2D eigenvalue weighted by atomic mass is 9.83. The van der Waals surface area contributed by atoms with Gasteiger partial charge in [-0.05, 0) is 29.8 Å². The minimum Gasteiger partial charge on any atom is -0.308 e. The van der Waals surface area contributed by atoms with Gasteiger partial charge >= 0.3 is 0 Å². The summed E-state index contributed by atoms with van der Waals surface area (Å²) in [5, 5.41) is 6.18. The molecule has 2 nitrogen and oxygen atoms in total. The van der Waals surface area contributed by atoms with Gasteiger partial charge in [0.15, 0.2) is 0 Å². The number of nitrogens with one attached hydrogen (secondary N) is 1. The Morgan fingerprint density at radius 3 is 2.58 bits per heavy atom. The van der Waals surface area contributed by atoms with Crippen LogP contribution in [0, 0.1) is 5.41 Å². The van der Waals surface area contributed by atoms with Gasteiger partial charge in [-0.2, -0.15) is 0 Å². The van der Waals surface area contributed by atoms with Crippen molar-refractivity contribution in [2.24, 2.45) is 5.41 Å².